The summed E-state index contributed by atoms with van der Waals surface area (Å²) in [6, 6.07) is 7.68. The number of likely N-dealkylation sites (tertiary alicyclic amines) is 1. The lowest BCUT2D eigenvalue weighted by Crippen LogP contribution is -2.61. The Balaban J connectivity index is 1.51. The number of hydrogen-bond acceptors (Lipinski definition) is 18. The standard InChI is InChI=1S/C65H97N13O15S/c1-6-39(4)55(77-59(86)49(34-40-15-8-7-9-16-40)74-60(87)51(37-79)75-58(85)47(18-11-13-30-67)71-56(83)45(68)33-41-20-24-43(80)25-21-41)63(90)72-46(17-10-12-29-66)57(84)69-36-53(82)70-50(35-42-22-26-44(81)27-23-42)64(91)78-31-14-19-52(78)61(88)76-54(38(2)3)62(89)73-48(65(92)93)28-32-94-5/h7-9,15-16,20-27,38-39,45-52,54-55,79-81H,6,10-14,17-19,28-37,66-68H2,1-5H3,(H,69,84)(H,70,82)(H,71,83)(H,72,90)(H,73,89)(H,74,87)(H,75,85)(H,76,88)(H,77,86)(H,92,93)/t39-,45-,46-,47-,48-,49-,50-,51-,52-,54-,55-/m0/s1. The summed E-state index contributed by atoms with van der Waals surface area (Å²) in [5.74, 6) is -9.72. The number of phenolic OH excluding ortho intramolecular Hbond substituents is 2. The van der Waals surface area contributed by atoms with Crippen LogP contribution in [0.15, 0.2) is 78.9 Å². The van der Waals surface area contributed by atoms with Crippen molar-refractivity contribution in [2.45, 2.75) is 172 Å². The van der Waals surface area contributed by atoms with Gasteiger partial charge in [0.25, 0.3) is 0 Å². The van der Waals surface area contributed by atoms with Gasteiger partial charge in [0.2, 0.25) is 59.1 Å². The molecule has 19 N–H and O–H groups in total. The van der Waals surface area contributed by atoms with Crippen molar-refractivity contribution in [1.29, 1.82) is 0 Å². The minimum atomic E-state index is -1.65. The molecule has 0 saturated carbocycles. The van der Waals surface area contributed by atoms with Crippen molar-refractivity contribution in [3.05, 3.63) is 95.6 Å². The van der Waals surface area contributed by atoms with Gasteiger partial charge in [0.15, 0.2) is 0 Å². The number of aromatic hydroxyl groups is 2. The number of carbonyl (C=O) groups is 11. The van der Waals surface area contributed by atoms with Gasteiger partial charge in [-0.25, -0.2) is 4.79 Å². The van der Waals surface area contributed by atoms with Crippen LogP contribution in [0, 0.1) is 11.8 Å². The summed E-state index contributed by atoms with van der Waals surface area (Å²) in [7, 11) is 0. The molecule has 28 nitrogen and oxygen atoms in total. The minimum absolute atomic E-state index is 0.0221. The van der Waals surface area contributed by atoms with Gasteiger partial charge in [-0.1, -0.05) is 88.7 Å². The van der Waals surface area contributed by atoms with E-state index in [1.807, 2.05) is 0 Å². The SMILES string of the molecule is CC[C@H](C)[C@H](NC(=O)[C@H](Cc1ccccc1)NC(=O)[C@H](CO)NC(=O)[C@H](CCCCN)NC(=O)[C@@H](N)Cc1ccc(O)cc1)C(=O)N[C@@H](CCCCN)C(=O)NCC(=O)N[C@@H](Cc1ccc(O)cc1)C(=O)N1CCC[C@H]1C(=O)N[C@H](C(=O)N[C@@H](CCSC)C(=O)O)C(C)C. The Bertz CT molecular complexity index is 2970. The van der Waals surface area contributed by atoms with Crippen LogP contribution in [0.4, 0.5) is 0 Å². The molecule has 1 heterocycles. The summed E-state index contributed by atoms with van der Waals surface area (Å²) in [6.07, 6.45) is 4.45. The molecule has 0 bridgehead atoms. The number of nitrogens with one attached hydrogen (secondary N) is 9. The van der Waals surface area contributed by atoms with Crippen LogP contribution < -0.4 is 65.1 Å². The largest absolute Gasteiger partial charge is 0.508 e. The van der Waals surface area contributed by atoms with Crippen molar-refractivity contribution in [3.63, 3.8) is 0 Å². The molecule has 11 atom stereocenters. The highest BCUT2D eigenvalue weighted by Gasteiger charge is 2.41. The molecule has 10 amide bonds. The number of nitrogens with two attached hydrogens (primary N) is 3. The Hall–Kier alpha value is -8.38. The van der Waals surface area contributed by atoms with Crippen LogP contribution in [-0.4, -0.2) is 196 Å². The molecule has 3 aromatic rings. The lowest BCUT2D eigenvalue weighted by atomic mass is 9.96. The van der Waals surface area contributed by atoms with Gasteiger partial charge in [0.05, 0.1) is 19.2 Å². The predicted octanol–water partition coefficient (Wildman–Crippen LogP) is -0.771. The van der Waals surface area contributed by atoms with Crippen LogP contribution >= 0.6 is 11.8 Å². The number of phenols is 2. The van der Waals surface area contributed by atoms with Crippen LogP contribution in [0.3, 0.4) is 0 Å². The Labute approximate surface area is 552 Å². The van der Waals surface area contributed by atoms with Crippen molar-refractivity contribution < 1.29 is 73.2 Å². The van der Waals surface area contributed by atoms with E-state index in [9.17, 15) is 73.2 Å². The molecule has 518 valence electrons. The zero-order valence-electron chi connectivity index (χ0n) is 54.2. The number of amides is 10. The van der Waals surface area contributed by atoms with E-state index in [0.717, 1.165) is 0 Å². The molecule has 1 aliphatic heterocycles. The van der Waals surface area contributed by atoms with Crippen LogP contribution in [0.1, 0.15) is 109 Å². The highest BCUT2D eigenvalue weighted by Crippen LogP contribution is 2.22. The average Bonchev–Trinajstić information content (AvgIpc) is 1.58. The van der Waals surface area contributed by atoms with Crippen LogP contribution in [-0.2, 0) is 72.0 Å². The van der Waals surface area contributed by atoms with E-state index in [1.54, 1.807) is 88.5 Å². The fraction of sp³-hybridized carbons (Fsp3) is 0.554. The molecule has 0 unspecified atom stereocenters. The van der Waals surface area contributed by atoms with Crippen molar-refractivity contribution in [3.8, 4) is 11.5 Å². The first-order chi connectivity index (χ1) is 44.8. The zero-order chi connectivity index (χ0) is 69.4. The third-order valence-electron chi connectivity index (χ3n) is 16.2. The number of unbranched alkanes of at least 4 members (excludes halogenated alkanes) is 2. The molecule has 0 aliphatic carbocycles. The molecular formula is C65H97N13O15S. The Morgan fingerprint density at radius 2 is 1.06 bits per heavy atom. The van der Waals surface area contributed by atoms with Gasteiger partial charge in [0.1, 0.15) is 65.9 Å². The summed E-state index contributed by atoms with van der Waals surface area (Å²) in [5, 5.41) is 63.6. The Morgan fingerprint density at radius 1 is 0.564 bits per heavy atom. The monoisotopic (exact) mass is 1330 g/mol. The van der Waals surface area contributed by atoms with E-state index in [4.69, 9.17) is 17.2 Å². The zero-order valence-corrected chi connectivity index (χ0v) is 55.1. The van der Waals surface area contributed by atoms with Gasteiger partial charge in [-0.05, 0) is 142 Å². The number of hydrogen-bond donors (Lipinski definition) is 16. The average molecular weight is 1330 g/mol. The minimum Gasteiger partial charge on any atom is -0.508 e. The number of benzene rings is 3. The summed E-state index contributed by atoms with van der Waals surface area (Å²) < 4.78 is 0. The Morgan fingerprint density at radius 3 is 1.62 bits per heavy atom. The molecule has 29 heteroatoms. The summed E-state index contributed by atoms with van der Waals surface area (Å²) >= 11 is 1.41. The molecule has 1 fully saturated rings. The predicted molar refractivity (Wildman–Crippen MR) is 353 cm³/mol. The number of nitrogens with zero attached hydrogens (tertiary/aromatic N) is 1. The molecular weight excluding hydrogens is 1230 g/mol. The molecule has 3 aromatic carbocycles. The van der Waals surface area contributed by atoms with Gasteiger partial charge >= 0.3 is 5.97 Å². The number of aliphatic hydroxyl groups is 1. The number of carbonyl (C=O) groups excluding carboxylic acids is 10. The van der Waals surface area contributed by atoms with Crippen LogP contribution in [0.2, 0.25) is 0 Å². The van der Waals surface area contributed by atoms with Crippen molar-refractivity contribution in [1.82, 2.24) is 52.8 Å². The third-order valence-corrected chi connectivity index (χ3v) is 16.8. The second-order valence-corrected chi connectivity index (χ2v) is 24.8. The van der Waals surface area contributed by atoms with Crippen molar-refractivity contribution in [2.75, 3.05) is 44.8 Å². The highest BCUT2D eigenvalue weighted by molar-refractivity contribution is 7.98. The van der Waals surface area contributed by atoms with Crippen molar-refractivity contribution >= 4 is 76.8 Å². The first-order valence-electron chi connectivity index (χ1n) is 31.9. The van der Waals surface area contributed by atoms with E-state index >= 15 is 0 Å². The summed E-state index contributed by atoms with van der Waals surface area (Å²) in [5.41, 5.74) is 19.5. The molecule has 0 radical (unpaired) electrons. The normalized spacial score (nSPS) is 16.0. The third kappa shape index (κ3) is 25.8. The fourth-order valence-corrected chi connectivity index (χ4v) is 10.9. The first kappa shape index (κ1) is 78.1. The highest BCUT2D eigenvalue weighted by atomic mass is 32.2. The number of aliphatic hydroxyl groups excluding tert-OH is 1. The molecule has 1 aliphatic rings. The molecule has 4 rings (SSSR count). The lowest BCUT2D eigenvalue weighted by molar-refractivity contribution is -0.144. The fourth-order valence-electron chi connectivity index (χ4n) is 10.4. The number of carboxylic acids is 1. The molecule has 94 heavy (non-hydrogen) atoms. The maximum atomic E-state index is 14.6. The molecule has 0 spiro atoms. The van der Waals surface area contributed by atoms with E-state index in [-0.39, 0.29) is 76.1 Å². The van der Waals surface area contributed by atoms with Gasteiger partial charge < -0.3 is 90.4 Å². The summed E-state index contributed by atoms with van der Waals surface area (Å²) in [6.45, 7) is 5.80. The second kappa shape index (κ2) is 40.7. The number of thioether (sulfide) groups is 1. The lowest BCUT2D eigenvalue weighted by Gasteiger charge is -2.31. The number of rotatable bonds is 41. The van der Waals surface area contributed by atoms with Crippen LogP contribution in [0.5, 0.6) is 11.5 Å². The number of carboxylic acid groups (broad SMARTS) is 1. The quantitative estimate of drug-likeness (QED) is 0.0310. The van der Waals surface area contributed by atoms with Gasteiger partial charge in [0, 0.05) is 19.4 Å². The molecule has 1 saturated heterocycles. The molecule has 0 aromatic heterocycles. The van der Waals surface area contributed by atoms with Crippen LogP contribution in [0.25, 0.3) is 0 Å². The second-order valence-electron chi connectivity index (χ2n) is 23.8. The van der Waals surface area contributed by atoms with E-state index < -0.39 is 150 Å². The van der Waals surface area contributed by atoms with Gasteiger partial charge in [-0.15, -0.1) is 0 Å². The van der Waals surface area contributed by atoms with Gasteiger partial charge in [-0.2, -0.15) is 11.8 Å². The van der Waals surface area contributed by atoms with E-state index in [2.05, 4.69) is 47.9 Å². The summed E-state index contributed by atoms with van der Waals surface area (Å²) in [4.78, 5) is 154. The smallest absolute Gasteiger partial charge is 0.326 e. The van der Waals surface area contributed by atoms with E-state index in [0.29, 0.717) is 61.0 Å². The Kier molecular flexibility index (Phi) is 33.8. The van der Waals surface area contributed by atoms with Gasteiger partial charge in [-0.3, -0.25) is 47.9 Å². The number of aliphatic carboxylic acids is 1. The maximum absolute atomic E-state index is 14.6. The maximum Gasteiger partial charge on any atom is 0.326 e. The topological polar surface area (TPSA) is 458 Å². The first-order valence-corrected chi connectivity index (χ1v) is 33.3. The van der Waals surface area contributed by atoms with Crippen molar-refractivity contribution in [2.24, 2.45) is 29.0 Å². The van der Waals surface area contributed by atoms with E-state index in [1.165, 1.54) is 40.9 Å².